The maximum absolute atomic E-state index is 12.7. The Kier molecular flexibility index (Phi) is 2.10. The minimum absolute atomic E-state index is 0.179. The van der Waals surface area contributed by atoms with E-state index < -0.39 is 5.95 Å². The first-order valence-electron chi connectivity index (χ1n) is 4.10. The first-order valence-corrected chi connectivity index (χ1v) is 4.10. The molecule has 14 heavy (non-hydrogen) atoms. The van der Waals surface area contributed by atoms with Gasteiger partial charge in [0.1, 0.15) is 5.82 Å². The molecule has 0 bridgehead atoms. The molecule has 2 rings (SSSR count). The molecule has 2 N–H and O–H groups in total. The SMILES string of the molecule is Nc1nc(F)ccc1-c1cccnc1. The van der Waals surface area contributed by atoms with E-state index in [4.69, 9.17) is 5.73 Å². The van der Waals surface area contributed by atoms with Crippen LogP contribution in [0.25, 0.3) is 11.1 Å². The molecule has 4 heteroatoms. The van der Waals surface area contributed by atoms with Crippen LogP contribution in [0, 0.1) is 5.95 Å². The number of rotatable bonds is 1. The standard InChI is InChI=1S/C10H8FN3/c11-9-4-3-8(10(12)14-9)7-2-1-5-13-6-7/h1-6H,(H2,12,14). The molecule has 0 amide bonds. The summed E-state index contributed by atoms with van der Waals surface area (Å²) in [6.07, 6.45) is 3.32. The average Bonchev–Trinajstić information content (AvgIpc) is 2.19. The van der Waals surface area contributed by atoms with Crippen LogP contribution in [0.3, 0.4) is 0 Å². The third-order valence-corrected chi connectivity index (χ3v) is 1.86. The van der Waals surface area contributed by atoms with Crippen LogP contribution in [0.1, 0.15) is 0 Å². The van der Waals surface area contributed by atoms with Crippen molar-refractivity contribution >= 4 is 5.82 Å². The Labute approximate surface area is 80.4 Å². The molecule has 0 saturated carbocycles. The van der Waals surface area contributed by atoms with E-state index in [9.17, 15) is 4.39 Å². The maximum Gasteiger partial charge on any atom is 0.214 e. The van der Waals surface area contributed by atoms with Crippen molar-refractivity contribution in [2.45, 2.75) is 0 Å². The zero-order valence-electron chi connectivity index (χ0n) is 7.31. The number of anilines is 1. The molecule has 0 aliphatic heterocycles. The van der Waals surface area contributed by atoms with Crippen LogP contribution in [0.2, 0.25) is 0 Å². The largest absolute Gasteiger partial charge is 0.383 e. The highest BCUT2D eigenvalue weighted by Gasteiger charge is 2.04. The maximum atomic E-state index is 12.7. The van der Waals surface area contributed by atoms with Crippen molar-refractivity contribution in [3.8, 4) is 11.1 Å². The topological polar surface area (TPSA) is 51.8 Å². The predicted octanol–water partition coefficient (Wildman–Crippen LogP) is 1.86. The van der Waals surface area contributed by atoms with Crippen LogP contribution >= 0.6 is 0 Å². The second-order valence-electron chi connectivity index (χ2n) is 2.81. The van der Waals surface area contributed by atoms with Crippen molar-refractivity contribution in [2.75, 3.05) is 5.73 Å². The van der Waals surface area contributed by atoms with Crippen LogP contribution < -0.4 is 5.73 Å². The minimum atomic E-state index is -0.574. The third-order valence-electron chi connectivity index (χ3n) is 1.86. The number of hydrogen-bond acceptors (Lipinski definition) is 3. The van der Waals surface area contributed by atoms with Gasteiger partial charge in [0.25, 0.3) is 0 Å². The number of aromatic nitrogens is 2. The number of nitrogens with two attached hydrogens (primary N) is 1. The Morgan fingerprint density at radius 2 is 2.07 bits per heavy atom. The highest BCUT2D eigenvalue weighted by atomic mass is 19.1. The lowest BCUT2D eigenvalue weighted by atomic mass is 10.1. The second-order valence-corrected chi connectivity index (χ2v) is 2.81. The predicted molar refractivity (Wildman–Crippen MR) is 51.8 cm³/mol. The van der Waals surface area contributed by atoms with Crippen molar-refractivity contribution < 1.29 is 4.39 Å². The van der Waals surface area contributed by atoms with Gasteiger partial charge in [-0.15, -0.1) is 0 Å². The molecule has 2 aromatic heterocycles. The fraction of sp³-hybridized carbons (Fsp3) is 0. The lowest BCUT2D eigenvalue weighted by Gasteiger charge is -2.03. The van der Waals surface area contributed by atoms with Gasteiger partial charge in [0, 0.05) is 23.5 Å². The van der Waals surface area contributed by atoms with Gasteiger partial charge in [-0.2, -0.15) is 4.39 Å². The van der Waals surface area contributed by atoms with Crippen LogP contribution in [-0.2, 0) is 0 Å². The average molecular weight is 189 g/mol. The van der Waals surface area contributed by atoms with E-state index in [1.165, 1.54) is 6.07 Å². The molecule has 0 radical (unpaired) electrons. The van der Waals surface area contributed by atoms with Crippen molar-refractivity contribution in [1.29, 1.82) is 0 Å². The van der Waals surface area contributed by atoms with E-state index in [2.05, 4.69) is 9.97 Å². The number of hydrogen-bond donors (Lipinski definition) is 1. The molecule has 3 nitrogen and oxygen atoms in total. The number of nitrogen functional groups attached to an aromatic ring is 1. The lowest BCUT2D eigenvalue weighted by molar-refractivity contribution is 0.586. The molecular weight excluding hydrogens is 181 g/mol. The monoisotopic (exact) mass is 189 g/mol. The van der Waals surface area contributed by atoms with Gasteiger partial charge in [0.2, 0.25) is 5.95 Å². The molecule has 0 aliphatic carbocycles. The van der Waals surface area contributed by atoms with E-state index in [-0.39, 0.29) is 5.82 Å². The van der Waals surface area contributed by atoms with Gasteiger partial charge >= 0.3 is 0 Å². The Hall–Kier alpha value is -1.97. The zero-order valence-corrected chi connectivity index (χ0v) is 7.31. The van der Waals surface area contributed by atoms with Gasteiger partial charge in [-0.25, -0.2) is 4.98 Å². The van der Waals surface area contributed by atoms with Crippen LogP contribution in [0.5, 0.6) is 0 Å². The highest BCUT2D eigenvalue weighted by molar-refractivity contribution is 5.72. The van der Waals surface area contributed by atoms with Gasteiger partial charge in [-0.05, 0) is 18.2 Å². The van der Waals surface area contributed by atoms with Gasteiger partial charge < -0.3 is 5.73 Å². The van der Waals surface area contributed by atoms with E-state index in [0.717, 1.165) is 5.56 Å². The summed E-state index contributed by atoms with van der Waals surface area (Å²) < 4.78 is 12.7. The first kappa shape index (κ1) is 8.62. The molecule has 0 unspecified atom stereocenters. The molecule has 0 spiro atoms. The molecule has 2 aromatic rings. The van der Waals surface area contributed by atoms with Crippen molar-refractivity contribution in [2.24, 2.45) is 0 Å². The third kappa shape index (κ3) is 1.54. The van der Waals surface area contributed by atoms with Gasteiger partial charge in [-0.3, -0.25) is 4.98 Å². The van der Waals surface area contributed by atoms with Gasteiger partial charge in [0.05, 0.1) is 0 Å². The molecule has 70 valence electrons. The van der Waals surface area contributed by atoms with E-state index in [1.807, 2.05) is 6.07 Å². The van der Waals surface area contributed by atoms with E-state index >= 15 is 0 Å². The smallest absolute Gasteiger partial charge is 0.214 e. The van der Waals surface area contributed by atoms with Gasteiger partial charge in [-0.1, -0.05) is 6.07 Å². The van der Waals surface area contributed by atoms with Crippen LogP contribution in [-0.4, -0.2) is 9.97 Å². The highest BCUT2D eigenvalue weighted by Crippen LogP contribution is 2.22. The summed E-state index contributed by atoms with van der Waals surface area (Å²) in [5.41, 5.74) is 7.10. The molecule has 0 saturated heterocycles. The normalized spacial score (nSPS) is 10.1. The Bertz CT molecular complexity index is 442. The molecular formula is C10H8FN3. The number of nitrogens with zero attached hydrogens (tertiary/aromatic N) is 2. The quantitative estimate of drug-likeness (QED) is 0.696. The summed E-state index contributed by atoms with van der Waals surface area (Å²) in [5, 5.41) is 0. The Balaban J connectivity index is 2.53. The molecule has 0 aromatic carbocycles. The second kappa shape index (κ2) is 3.41. The summed E-state index contributed by atoms with van der Waals surface area (Å²) in [5.74, 6) is -0.395. The fourth-order valence-corrected chi connectivity index (χ4v) is 1.22. The number of pyridine rings is 2. The summed E-state index contributed by atoms with van der Waals surface area (Å²) >= 11 is 0. The van der Waals surface area contributed by atoms with E-state index in [0.29, 0.717) is 5.56 Å². The van der Waals surface area contributed by atoms with Crippen LogP contribution in [0.4, 0.5) is 10.2 Å². The summed E-state index contributed by atoms with van der Waals surface area (Å²) in [4.78, 5) is 7.48. The van der Waals surface area contributed by atoms with Crippen LogP contribution in [0.15, 0.2) is 36.7 Å². The zero-order chi connectivity index (χ0) is 9.97. The fourth-order valence-electron chi connectivity index (χ4n) is 1.22. The molecule has 0 atom stereocenters. The van der Waals surface area contributed by atoms with Gasteiger partial charge in [0.15, 0.2) is 0 Å². The first-order chi connectivity index (χ1) is 6.77. The summed E-state index contributed by atoms with van der Waals surface area (Å²) in [7, 11) is 0. The molecule has 2 heterocycles. The summed E-state index contributed by atoms with van der Waals surface area (Å²) in [6, 6.07) is 6.50. The summed E-state index contributed by atoms with van der Waals surface area (Å²) in [6.45, 7) is 0. The molecule has 0 fully saturated rings. The Morgan fingerprint density at radius 3 is 2.71 bits per heavy atom. The van der Waals surface area contributed by atoms with Crippen molar-refractivity contribution in [1.82, 2.24) is 9.97 Å². The molecule has 0 aliphatic rings. The van der Waals surface area contributed by atoms with Crippen molar-refractivity contribution in [3.63, 3.8) is 0 Å². The number of halogens is 1. The minimum Gasteiger partial charge on any atom is -0.383 e. The lowest BCUT2D eigenvalue weighted by Crippen LogP contribution is -1.96. The van der Waals surface area contributed by atoms with Crippen molar-refractivity contribution in [3.05, 3.63) is 42.6 Å². The Morgan fingerprint density at radius 1 is 1.21 bits per heavy atom. The van der Waals surface area contributed by atoms with E-state index in [1.54, 1.807) is 24.5 Å².